The summed E-state index contributed by atoms with van der Waals surface area (Å²) in [7, 11) is -0.675. The maximum Gasteiger partial charge on any atom is 0.0902 e. The second-order valence-corrected chi connectivity index (χ2v) is 3.83. The molecule has 0 spiro atoms. The Labute approximate surface area is 57.0 Å². The van der Waals surface area contributed by atoms with Crippen LogP contribution < -0.4 is 5.90 Å². The van der Waals surface area contributed by atoms with Crippen LogP contribution in [0.4, 0.5) is 0 Å². The summed E-state index contributed by atoms with van der Waals surface area (Å²) in [5.41, 5.74) is 0. The molecule has 2 unspecified atom stereocenters. The van der Waals surface area contributed by atoms with Crippen molar-refractivity contribution in [2.75, 3.05) is 11.5 Å². The quantitative estimate of drug-likeness (QED) is 0.525. The zero-order valence-corrected chi connectivity index (χ0v) is 6.02. The van der Waals surface area contributed by atoms with E-state index in [9.17, 15) is 4.21 Å². The fourth-order valence-electron chi connectivity index (χ4n) is 0.953. The fourth-order valence-corrected chi connectivity index (χ4v) is 2.27. The van der Waals surface area contributed by atoms with E-state index in [1.165, 1.54) is 0 Å². The predicted molar refractivity (Wildman–Crippen MR) is 36.2 cm³/mol. The summed E-state index contributed by atoms with van der Waals surface area (Å²) in [4.78, 5) is 4.57. The van der Waals surface area contributed by atoms with E-state index in [1.54, 1.807) is 0 Å². The van der Waals surface area contributed by atoms with E-state index in [-0.39, 0.29) is 6.10 Å². The Morgan fingerprint density at radius 1 is 1.67 bits per heavy atom. The molecule has 3 nitrogen and oxygen atoms in total. The fraction of sp³-hybridized carbons (Fsp3) is 1.00. The van der Waals surface area contributed by atoms with Gasteiger partial charge in [-0.1, -0.05) is 0 Å². The first-order chi connectivity index (χ1) is 4.33. The molecule has 9 heavy (non-hydrogen) atoms. The summed E-state index contributed by atoms with van der Waals surface area (Å²) in [6.45, 7) is 0. The highest BCUT2D eigenvalue weighted by Crippen LogP contribution is 2.09. The molecule has 1 aliphatic rings. The van der Waals surface area contributed by atoms with E-state index in [2.05, 4.69) is 4.84 Å². The van der Waals surface area contributed by atoms with Gasteiger partial charge in [0.25, 0.3) is 0 Å². The molecular formula is C5H11NO2S. The molecule has 0 aliphatic carbocycles. The summed E-state index contributed by atoms with van der Waals surface area (Å²) >= 11 is 0. The summed E-state index contributed by atoms with van der Waals surface area (Å²) in [6.07, 6.45) is 1.98. The third-order valence-corrected chi connectivity index (χ3v) is 2.95. The molecule has 0 radical (unpaired) electrons. The minimum atomic E-state index is -0.675. The molecule has 1 saturated heterocycles. The molecule has 1 rings (SSSR count). The van der Waals surface area contributed by atoms with Crippen LogP contribution in [-0.4, -0.2) is 21.8 Å². The average Bonchev–Trinajstić information content (AvgIpc) is 1.88. The van der Waals surface area contributed by atoms with Crippen LogP contribution in [0.5, 0.6) is 0 Å². The monoisotopic (exact) mass is 149 g/mol. The van der Waals surface area contributed by atoms with Gasteiger partial charge >= 0.3 is 0 Å². The van der Waals surface area contributed by atoms with Crippen molar-refractivity contribution in [1.29, 1.82) is 0 Å². The lowest BCUT2D eigenvalue weighted by Gasteiger charge is -2.18. The van der Waals surface area contributed by atoms with E-state index >= 15 is 0 Å². The number of rotatable bonds is 1. The standard InChI is InChI=1S/C5H11NO2S/c6-8-5-2-1-3-9(7)4-5/h5H,1-4,6H2. The van der Waals surface area contributed by atoms with Crippen molar-refractivity contribution in [2.45, 2.75) is 18.9 Å². The number of nitrogens with two attached hydrogens (primary N) is 1. The molecule has 2 N–H and O–H groups in total. The first kappa shape index (κ1) is 7.18. The van der Waals surface area contributed by atoms with E-state index < -0.39 is 10.8 Å². The average molecular weight is 149 g/mol. The Hall–Kier alpha value is 0.0700. The predicted octanol–water partition coefficient (Wildman–Crippen LogP) is -0.212. The maximum atomic E-state index is 10.8. The highest BCUT2D eigenvalue weighted by atomic mass is 32.2. The molecule has 4 heteroatoms. The van der Waals surface area contributed by atoms with Gasteiger partial charge in [0, 0.05) is 16.6 Å². The first-order valence-corrected chi connectivity index (χ1v) is 4.52. The molecule has 0 aromatic carbocycles. The van der Waals surface area contributed by atoms with E-state index in [0.717, 1.165) is 18.6 Å². The van der Waals surface area contributed by atoms with Gasteiger partial charge in [-0.05, 0) is 12.8 Å². The van der Waals surface area contributed by atoms with Crippen molar-refractivity contribution in [1.82, 2.24) is 0 Å². The number of hydrogen-bond acceptors (Lipinski definition) is 3. The molecule has 54 valence electrons. The second kappa shape index (κ2) is 3.29. The molecule has 0 aromatic rings. The van der Waals surface area contributed by atoms with Gasteiger partial charge < -0.3 is 4.84 Å². The first-order valence-electron chi connectivity index (χ1n) is 3.03. The Kier molecular flexibility index (Phi) is 2.63. The van der Waals surface area contributed by atoms with Crippen LogP contribution in [0.25, 0.3) is 0 Å². The Balaban J connectivity index is 2.32. The Bertz CT molecular complexity index is 118. The normalized spacial score (nSPS) is 36.6. The largest absolute Gasteiger partial charge is 0.300 e. The highest BCUT2D eigenvalue weighted by Gasteiger charge is 2.17. The Morgan fingerprint density at radius 3 is 2.89 bits per heavy atom. The highest BCUT2D eigenvalue weighted by molar-refractivity contribution is 7.85. The van der Waals surface area contributed by atoms with Gasteiger partial charge in [-0.2, -0.15) is 0 Å². The SMILES string of the molecule is NOC1CCCS(=O)C1. The topological polar surface area (TPSA) is 52.3 Å². The summed E-state index contributed by atoms with van der Waals surface area (Å²) in [5, 5.41) is 0. The van der Waals surface area contributed by atoms with Gasteiger partial charge in [-0.25, -0.2) is 5.90 Å². The van der Waals surface area contributed by atoms with Crippen LogP contribution in [-0.2, 0) is 15.6 Å². The van der Waals surface area contributed by atoms with Crippen LogP contribution in [0.3, 0.4) is 0 Å². The van der Waals surface area contributed by atoms with Crippen molar-refractivity contribution in [3.63, 3.8) is 0 Å². The maximum absolute atomic E-state index is 10.8. The minimum Gasteiger partial charge on any atom is -0.300 e. The minimum absolute atomic E-state index is 0.0413. The van der Waals surface area contributed by atoms with Crippen molar-refractivity contribution >= 4 is 10.8 Å². The smallest absolute Gasteiger partial charge is 0.0902 e. The van der Waals surface area contributed by atoms with E-state index in [4.69, 9.17) is 5.90 Å². The third-order valence-electron chi connectivity index (χ3n) is 1.46. The lowest BCUT2D eigenvalue weighted by molar-refractivity contribution is 0.0609. The van der Waals surface area contributed by atoms with E-state index in [0.29, 0.717) is 5.75 Å². The van der Waals surface area contributed by atoms with Gasteiger partial charge in [0.2, 0.25) is 0 Å². The lowest BCUT2D eigenvalue weighted by atomic mass is 10.2. The van der Waals surface area contributed by atoms with Crippen LogP contribution in [0.1, 0.15) is 12.8 Å². The second-order valence-electron chi connectivity index (χ2n) is 2.21. The molecule has 0 bridgehead atoms. The molecular weight excluding hydrogens is 138 g/mol. The Morgan fingerprint density at radius 2 is 2.44 bits per heavy atom. The lowest BCUT2D eigenvalue weighted by Crippen LogP contribution is -2.29. The van der Waals surface area contributed by atoms with Gasteiger partial charge in [0.1, 0.15) is 0 Å². The van der Waals surface area contributed by atoms with Crippen molar-refractivity contribution in [3.8, 4) is 0 Å². The van der Waals surface area contributed by atoms with Crippen molar-refractivity contribution in [3.05, 3.63) is 0 Å². The third kappa shape index (κ3) is 2.04. The molecule has 1 fully saturated rings. The van der Waals surface area contributed by atoms with Crippen molar-refractivity contribution < 1.29 is 9.05 Å². The summed E-state index contributed by atoms with van der Waals surface area (Å²) < 4.78 is 10.8. The van der Waals surface area contributed by atoms with Gasteiger partial charge in [-0.3, -0.25) is 4.21 Å². The zero-order valence-electron chi connectivity index (χ0n) is 5.21. The molecule has 2 atom stereocenters. The van der Waals surface area contributed by atoms with Gasteiger partial charge in [-0.15, -0.1) is 0 Å². The molecule has 1 aliphatic heterocycles. The zero-order chi connectivity index (χ0) is 6.69. The summed E-state index contributed by atoms with van der Waals surface area (Å²) in [5.74, 6) is 6.37. The van der Waals surface area contributed by atoms with Crippen LogP contribution >= 0.6 is 0 Å². The van der Waals surface area contributed by atoms with Gasteiger partial charge in [0.15, 0.2) is 0 Å². The molecule has 0 saturated carbocycles. The molecule has 1 heterocycles. The van der Waals surface area contributed by atoms with Crippen molar-refractivity contribution in [2.24, 2.45) is 5.90 Å². The summed E-state index contributed by atoms with van der Waals surface area (Å²) in [6, 6.07) is 0. The van der Waals surface area contributed by atoms with Crippen LogP contribution in [0, 0.1) is 0 Å². The molecule has 0 aromatic heterocycles. The molecule has 0 amide bonds. The van der Waals surface area contributed by atoms with Gasteiger partial charge in [0.05, 0.1) is 11.9 Å². The van der Waals surface area contributed by atoms with E-state index in [1.807, 2.05) is 0 Å². The van der Waals surface area contributed by atoms with Crippen LogP contribution in [0.2, 0.25) is 0 Å². The van der Waals surface area contributed by atoms with Crippen LogP contribution in [0.15, 0.2) is 0 Å². The number of hydrogen-bond donors (Lipinski definition) is 1.